The summed E-state index contributed by atoms with van der Waals surface area (Å²) in [6.45, 7) is 2.10. The van der Waals surface area contributed by atoms with Crippen molar-refractivity contribution in [2.75, 3.05) is 0 Å². The van der Waals surface area contributed by atoms with Crippen molar-refractivity contribution in [3.8, 4) is 0 Å². The van der Waals surface area contributed by atoms with Crippen LogP contribution in [0.25, 0.3) is 0 Å². The Balaban J connectivity index is 0.00000128. The van der Waals surface area contributed by atoms with E-state index in [0.29, 0.717) is 17.8 Å². The zero-order valence-corrected chi connectivity index (χ0v) is 10.7. The van der Waals surface area contributed by atoms with Crippen LogP contribution in [0, 0.1) is 11.3 Å². The van der Waals surface area contributed by atoms with E-state index in [1.54, 1.807) is 0 Å². The van der Waals surface area contributed by atoms with Gasteiger partial charge < -0.3 is 10.8 Å². The maximum atomic E-state index is 10.8. The largest absolute Gasteiger partial charge is 0.481 e. The minimum Gasteiger partial charge on any atom is -0.481 e. The fraction of sp³-hybridized carbons (Fsp3) is 0.917. The Bertz CT molecular complexity index is 256. The highest BCUT2D eigenvalue weighted by Gasteiger charge is 2.49. The molecule has 94 valence electrons. The molecule has 3 aliphatic carbocycles. The van der Waals surface area contributed by atoms with Crippen LogP contribution in [0.5, 0.6) is 0 Å². The molecule has 0 radical (unpaired) electrons. The van der Waals surface area contributed by atoms with E-state index in [1.807, 2.05) is 0 Å². The molecule has 1 atom stereocenters. The summed E-state index contributed by atoms with van der Waals surface area (Å²) in [6, 6.07) is 0. The average molecular weight is 248 g/mol. The maximum Gasteiger partial charge on any atom is 0.303 e. The molecule has 3 saturated carbocycles. The van der Waals surface area contributed by atoms with E-state index in [0.717, 1.165) is 38.5 Å². The van der Waals surface area contributed by atoms with Crippen LogP contribution in [0.2, 0.25) is 0 Å². The number of rotatable bonds is 3. The number of aliphatic carboxylic acids is 1. The SMILES string of the molecule is C[C@H](CC(=O)O)C12CCC(N)(CC1)CC2.Cl. The van der Waals surface area contributed by atoms with Crippen molar-refractivity contribution in [3.63, 3.8) is 0 Å². The lowest BCUT2D eigenvalue weighted by Gasteiger charge is -2.54. The van der Waals surface area contributed by atoms with E-state index in [1.165, 1.54) is 0 Å². The predicted molar refractivity (Wildman–Crippen MR) is 65.7 cm³/mol. The zero-order chi connectivity index (χ0) is 11.1. The van der Waals surface area contributed by atoms with Crippen LogP contribution in [0.3, 0.4) is 0 Å². The van der Waals surface area contributed by atoms with Gasteiger partial charge in [0.2, 0.25) is 0 Å². The summed E-state index contributed by atoms with van der Waals surface area (Å²) < 4.78 is 0. The number of halogens is 1. The Hall–Kier alpha value is -0.280. The monoisotopic (exact) mass is 247 g/mol. The summed E-state index contributed by atoms with van der Waals surface area (Å²) in [4.78, 5) is 10.8. The van der Waals surface area contributed by atoms with E-state index in [-0.39, 0.29) is 17.9 Å². The van der Waals surface area contributed by atoms with Gasteiger partial charge >= 0.3 is 5.97 Å². The fourth-order valence-corrected chi connectivity index (χ4v) is 3.46. The van der Waals surface area contributed by atoms with Crippen LogP contribution in [0.15, 0.2) is 0 Å². The quantitative estimate of drug-likeness (QED) is 0.806. The van der Waals surface area contributed by atoms with Gasteiger partial charge in [0.1, 0.15) is 0 Å². The van der Waals surface area contributed by atoms with Crippen LogP contribution in [-0.4, -0.2) is 16.6 Å². The standard InChI is InChI=1S/C12H21NO2.ClH/c1-9(8-10(14)15)11-2-5-12(13,6-3-11)7-4-11;/h9H,2-8,13H2,1H3,(H,14,15);1H/t9-,11?,12?;/m1./s1. The summed E-state index contributed by atoms with van der Waals surface area (Å²) in [5.41, 5.74) is 6.62. The van der Waals surface area contributed by atoms with E-state index < -0.39 is 5.97 Å². The molecule has 3 nitrogen and oxygen atoms in total. The third-order valence-corrected chi connectivity index (χ3v) is 4.89. The van der Waals surface area contributed by atoms with Crippen LogP contribution >= 0.6 is 12.4 Å². The summed E-state index contributed by atoms with van der Waals surface area (Å²) in [5, 5.41) is 8.86. The van der Waals surface area contributed by atoms with Crippen LogP contribution < -0.4 is 5.73 Å². The van der Waals surface area contributed by atoms with Gasteiger partial charge in [-0.1, -0.05) is 6.92 Å². The molecule has 16 heavy (non-hydrogen) atoms. The van der Waals surface area contributed by atoms with Gasteiger partial charge in [0.25, 0.3) is 0 Å². The minimum atomic E-state index is -0.660. The second-order valence-electron chi connectivity index (χ2n) is 5.72. The minimum absolute atomic E-state index is 0. The third kappa shape index (κ3) is 2.35. The van der Waals surface area contributed by atoms with Crippen molar-refractivity contribution in [1.29, 1.82) is 0 Å². The molecule has 0 aromatic carbocycles. The van der Waals surface area contributed by atoms with Gasteiger partial charge in [-0.05, 0) is 49.9 Å². The number of nitrogens with two attached hydrogens (primary N) is 1. The molecule has 3 fully saturated rings. The molecule has 0 aromatic rings. The second kappa shape index (κ2) is 4.53. The Labute approximate surface area is 103 Å². The molecule has 0 spiro atoms. The van der Waals surface area contributed by atoms with Gasteiger partial charge in [0.15, 0.2) is 0 Å². The van der Waals surface area contributed by atoms with E-state index in [4.69, 9.17) is 10.8 Å². The number of carboxylic acids is 1. The molecular formula is C12H22ClNO2. The van der Waals surface area contributed by atoms with Gasteiger partial charge in [0, 0.05) is 12.0 Å². The van der Waals surface area contributed by atoms with E-state index in [2.05, 4.69) is 6.92 Å². The summed E-state index contributed by atoms with van der Waals surface area (Å²) in [7, 11) is 0. The van der Waals surface area contributed by atoms with Crippen molar-refractivity contribution in [2.24, 2.45) is 17.1 Å². The lowest BCUT2D eigenvalue weighted by molar-refractivity contribution is -0.140. The lowest BCUT2D eigenvalue weighted by Crippen LogP contribution is -2.53. The average Bonchev–Trinajstić information content (AvgIpc) is 2.18. The molecule has 0 aliphatic heterocycles. The summed E-state index contributed by atoms with van der Waals surface area (Å²) in [5.74, 6) is -0.355. The molecule has 0 heterocycles. The molecule has 0 aromatic heterocycles. The summed E-state index contributed by atoms with van der Waals surface area (Å²) >= 11 is 0. The first-order valence-corrected chi connectivity index (χ1v) is 5.97. The van der Waals surface area contributed by atoms with Crippen molar-refractivity contribution in [2.45, 2.75) is 57.4 Å². The fourth-order valence-electron chi connectivity index (χ4n) is 3.46. The molecule has 3 rings (SSSR count). The first-order valence-electron chi connectivity index (χ1n) is 5.97. The Morgan fingerprint density at radius 3 is 2.06 bits per heavy atom. The highest BCUT2D eigenvalue weighted by molar-refractivity contribution is 5.85. The molecule has 3 aliphatic rings. The smallest absolute Gasteiger partial charge is 0.303 e. The zero-order valence-electron chi connectivity index (χ0n) is 9.87. The number of hydrogen-bond donors (Lipinski definition) is 2. The first-order chi connectivity index (χ1) is 6.96. The van der Waals surface area contributed by atoms with Crippen molar-refractivity contribution in [1.82, 2.24) is 0 Å². The first kappa shape index (κ1) is 13.8. The topological polar surface area (TPSA) is 63.3 Å². The molecule has 0 amide bonds. The summed E-state index contributed by atoms with van der Waals surface area (Å²) in [6.07, 6.45) is 7.01. The van der Waals surface area contributed by atoms with Crippen molar-refractivity contribution < 1.29 is 9.90 Å². The molecule has 0 unspecified atom stereocenters. The number of carbonyl (C=O) groups is 1. The van der Waals surface area contributed by atoms with Gasteiger partial charge in [-0.25, -0.2) is 0 Å². The predicted octanol–water partition coefficient (Wildman–Crippen LogP) is 2.57. The van der Waals surface area contributed by atoms with Gasteiger partial charge in [-0.3, -0.25) is 4.79 Å². The van der Waals surface area contributed by atoms with Gasteiger partial charge in [-0.15, -0.1) is 12.4 Å². The Morgan fingerprint density at radius 2 is 1.69 bits per heavy atom. The van der Waals surface area contributed by atoms with Gasteiger partial charge in [0.05, 0.1) is 0 Å². The third-order valence-electron chi connectivity index (χ3n) is 4.89. The Morgan fingerprint density at radius 1 is 1.25 bits per heavy atom. The second-order valence-corrected chi connectivity index (χ2v) is 5.72. The molecular weight excluding hydrogens is 226 g/mol. The molecule has 4 heteroatoms. The molecule has 0 saturated heterocycles. The molecule has 3 N–H and O–H groups in total. The number of hydrogen-bond acceptors (Lipinski definition) is 2. The lowest BCUT2D eigenvalue weighted by atomic mass is 9.53. The molecule has 2 bridgehead atoms. The van der Waals surface area contributed by atoms with Crippen molar-refractivity contribution >= 4 is 18.4 Å². The highest BCUT2D eigenvalue weighted by Crippen LogP contribution is 2.55. The van der Waals surface area contributed by atoms with E-state index in [9.17, 15) is 4.79 Å². The maximum absolute atomic E-state index is 10.8. The highest BCUT2D eigenvalue weighted by atomic mass is 35.5. The van der Waals surface area contributed by atoms with Crippen molar-refractivity contribution in [3.05, 3.63) is 0 Å². The van der Waals surface area contributed by atoms with Crippen LogP contribution in [0.4, 0.5) is 0 Å². The normalized spacial score (nSPS) is 38.9. The van der Waals surface area contributed by atoms with Crippen LogP contribution in [-0.2, 0) is 4.79 Å². The van der Waals surface area contributed by atoms with Crippen LogP contribution in [0.1, 0.15) is 51.9 Å². The number of fused-ring (bicyclic) bond motifs is 3. The number of carboxylic acid groups (broad SMARTS) is 1. The van der Waals surface area contributed by atoms with Gasteiger partial charge in [-0.2, -0.15) is 0 Å². The Kier molecular flexibility index (Phi) is 3.91. The van der Waals surface area contributed by atoms with E-state index >= 15 is 0 Å².